The summed E-state index contributed by atoms with van der Waals surface area (Å²) in [4.78, 5) is 24.0. The number of ether oxygens (including phenoxy) is 2. The number of carbonyl (C=O) groups is 2. The molecule has 26 heavy (non-hydrogen) atoms. The quantitative estimate of drug-likeness (QED) is 0.751. The van der Waals surface area contributed by atoms with Gasteiger partial charge in [-0.2, -0.15) is 0 Å². The van der Waals surface area contributed by atoms with E-state index >= 15 is 0 Å². The van der Waals surface area contributed by atoms with Crippen LogP contribution in [0.1, 0.15) is 29.7 Å². The van der Waals surface area contributed by atoms with Crippen molar-refractivity contribution in [3.05, 3.63) is 64.2 Å². The Hall–Kier alpha value is -2.53. The second-order valence-corrected chi connectivity index (χ2v) is 6.43. The first kappa shape index (κ1) is 19.8. The topological polar surface area (TPSA) is 64.6 Å². The van der Waals surface area contributed by atoms with E-state index in [1.807, 2.05) is 38.1 Å². The Labute approximate surface area is 158 Å². The lowest BCUT2D eigenvalue weighted by molar-refractivity contribution is -0.148. The second kappa shape index (κ2) is 9.25. The lowest BCUT2D eigenvalue weighted by Crippen LogP contribution is -2.31. The smallest absolute Gasteiger partial charge is 0.310 e. The Bertz CT molecular complexity index is 791. The molecule has 2 aromatic rings. The van der Waals surface area contributed by atoms with Crippen LogP contribution in [0.15, 0.2) is 42.5 Å². The average molecular weight is 376 g/mol. The van der Waals surface area contributed by atoms with E-state index in [1.54, 1.807) is 25.3 Å². The highest BCUT2D eigenvalue weighted by Gasteiger charge is 2.14. The van der Waals surface area contributed by atoms with Gasteiger partial charge >= 0.3 is 5.97 Å². The number of methoxy groups -OCH3 is 1. The van der Waals surface area contributed by atoms with Crippen LogP contribution in [0.5, 0.6) is 5.75 Å². The molecule has 138 valence electrons. The van der Waals surface area contributed by atoms with Crippen molar-refractivity contribution in [3.8, 4) is 5.75 Å². The van der Waals surface area contributed by atoms with Gasteiger partial charge in [-0.1, -0.05) is 41.4 Å². The van der Waals surface area contributed by atoms with Crippen LogP contribution in [0, 0.1) is 6.92 Å². The molecule has 1 amide bonds. The second-order valence-electron chi connectivity index (χ2n) is 6.00. The number of aryl methyl sites for hydroxylation is 1. The zero-order chi connectivity index (χ0) is 19.1. The summed E-state index contributed by atoms with van der Waals surface area (Å²) in [5.74, 6) is -0.243. The fourth-order valence-corrected chi connectivity index (χ4v) is 2.74. The molecule has 0 aliphatic carbocycles. The van der Waals surface area contributed by atoms with E-state index < -0.39 is 5.97 Å². The fourth-order valence-electron chi connectivity index (χ4n) is 2.54. The standard InChI is InChI=1S/C20H22ClNO4/c1-13-7-8-18(25-3)16(9-13)11-20(24)26-12-19(23)22-14(2)15-5-4-6-17(21)10-15/h4-10,14H,11-12H2,1-3H3,(H,22,23)/t14-/m0/s1. The van der Waals surface area contributed by atoms with Crippen LogP contribution in [-0.2, 0) is 20.7 Å². The molecule has 0 radical (unpaired) electrons. The van der Waals surface area contributed by atoms with Gasteiger partial charge in [-0.25, -0.2) is 0 Å². The van der Waals surface area contributed by atoms with Crippen LogP contribution < -0.4 is 10.1 Å². The summed E-state index contributed by atoms with van der Waals surface area (Å²) < 4.78 is 10.3. The molecule has 0 heterocycles. The van der Waals surface area contributed by atoms with Crippen molar-refractivity contribution in [2.75, 3.05) is 13.7 Å². The van der Waals surface area contributed by atoms with Crippen LogP contribution in [0.4, 0.5) is 0 Å². The molecule has 1 N–H and O–H groups in total. The summed E-state index contributed by atoms with van der Waals surface area (Å²) in [5, 5.41) is 3.37. The third-order valence-corrected chi connectivity index (χ3v) is 4.10. The fraction of sp³-hybridized carbons (Fsp3) is 0.300. The van der Waals surface area contributed by atoms with E-state index in [-0.39, 0.29) is 25.0 Å². The van der Waals surface area contributed by atoms with E-state index in [1.165, 1.54) is 0 Å². The third-order valence-electron chi connectivity index (χ3n) is 3.86. The predicted octanol–water partition coefficient (Wildman–Crippen LogP) is 3.62. The average Bonchev–Trinajstić information content (AvgIpc) is 2.60. The molecule has 0 saturated heterocycles. The minimum atomic E-state index is -0.487. The number of halogens is 1. The number of nitrogens with one attached hydrogen (secondary N) is 1. The molecular weight excluding hydrogens is 354 g/mol. The van der Waals surface area contributed by atoms with Crippen molar-refractivity contribution in [2.45, 2.75) is 26.3 Å². The van der Waals surface area contributed by atoms with Crippen molar-refractivity contribution in [1.29, 1.82) is 0 Å². The highest BCUT2D eigenvalue weighted by Crippen LogP contribution is 2.20. The molecule has 0 fully saturated rings. The summed E-state index contributed by atoms with van der Waals surface area (Å²) in [6.45, 7) is 3.43. The molecule has 2 rings (SSSR count). The predicted molar refractivity (Wildman–Crippen MR) is 100 cm³/mol. The summed E-state index contributed by atoms with van der Waals surface area (Å²) in [6, 6.07) is 12.6. The van der Waals surface area contributed by atoms with Crippen molar-refractivity contribution in [3.63, 3.8) is 0 Å². The number of rotatable bonds is 7. The third kappa shape index (κ3) is 5.77. The molecule has 0 aromatic heterocycles. The SMILES string of the molecule is COc1ccc(C)cc1CC(=O)OCC(=O)N[C@@H](C)c1cccc(Cl)c1. The Morgan fingerprint density at radius 3 is 2.65 bits per heavy atom. The van der Waals surface area contributed by atoms with Gasteiger partial charge in [-0.05, 0) is 37.6 Å². The van der Waals surface area contributed by atoms with Crippen LogP contribution in [0.25, 0.3) is 0 Å². The summed E-state index contributed by atoms with van der Waals surface area (Å²) in [5.41, 5.74) is 2.62. The number of hydrogen-bond donors (Lipinski definition) is 1. The normalized spacial score (nSPS) is 11.5. The van der Waals surface area contributed by atoms with E-state index in [0.29, 0.717) is 10.8 Å². The molecule has 0 bridgehead atoms. The minimum absolute atomic E-state index is 0.0436. The van der Waals surface area contributed by atoms with Crippen molar-refractivity contribution in [1.82, 2.24) is 5.32 Å². The lowest BCUT2D eigenvalue weighted by Gasteiger charge is -2.15. The highest BCUT2D eigenvalue weighted by atomic mass is 35.5. The van der Waals surface area contributed by atoms with Gasteiger partial charge in [0, 0.05) is 10.6 Å². The van der Waals surface area contributed by atoms with Gasteiger partial charge in [0.15, 0.2) is 6.61 Å². The lowest BCUT2D eigenvalue weighted by atomic mass is 10.1. The molecule has 0 unspecified atom stereocenters. The van der Waals surface area contributed by atoms with Gasteiger partial charge in [0.2, 0.25) is 0 Å². The first-order chi connectivity index (χ1) is 12.4. The van der Waals surface area contributed by atoms with Gasteiger partial charge in [0.1, 0.15) is 5.75 Å². The number of hydrogen-bond acceptors (Lipinski definition) is 4. The van der Waals surface area contributed by atoms with Crippen LogP contribution in [0.3, 0.4) is 0 Å². The molecular formula is C20H22ClNO4. The number of amides is 1. The number of carbonyl (C=O) groups excluding carboxylic acids is 2. The van der Waals surface area contributed by atoms with E-state index in [4.69, 9.17) is 21.1 Å². The molecule has 6 heteroatoms. The van der Waals surface area contributed by atoms with E-state index in [2.05, 4.69) is 5.32 Å². The largest absolute Gasteiger partial charge is 0.496 e. The maximum Gasteiger partial charge on any atom is 0.310 e. The van der Waals surface area contributed by atoms with Crippen LogP contribution >= 0.6 is 11.6 Å². The summed E-state index contributed by atoms with van der Waals surface area (Å²) in [6.07, 6.45) is 0.0436. The van der Waals surface area contributed by atoms with E-state index in [9.17, 15) is 9.59 Å². The van der Waals surface area contributed by atoms with Crippen LogP contribution in [-0.4, -0.2) is 25.6 Å². The number of esters is 1. The minimum Gasteiger partial charge on any atom is -0.496 e. The maximum absolute atomic E-state index is 12.0. The Balaban J connectivity index is 1.85. The Morgan fingerprint density at radius 1 is 1.19 bits per heavy atom. The van der Waals surface area contributed by atoms with Crippen molar-refractivity contribution < 1.29 is 19.1 Å². The molecule has 0 saturated carbocycles. The Morgan fingerprint density at radius 2 is 1.96 bits per heavy atom. The molecule has 1 atom stereocenters. The van der Waals surface area contributed by atoms with Gasteiger partial charge in [-0.3, -0.25) is 9.59 Å². The molecule has 0 spiro atoms. The summed E-state index contributed by atoms with van der Waals surface area (Å²) >= 11 is 5.95. The zero-order valence-electron chi connectivity index (χ0n) is 15.0. The maximum atomic E-state index is 12.0. The van der Waals surface area contributed by atoms with Crippen molar-refractivity contribution in [2.24, 2.45) is 0 Å². The first-order valence-corrected chi connectivity index (χ1v) is 8.61. The van der Waals surface area contributed by atoms with E-state index in [0.717, 1.165) is 16.7 Å². The molecule has 5 nitrogen and oxygen atoms in total. The van der Waals surface area contributed by atoms with Gasteiger partial charge < -0.3 is 14.8 Å². The first-order valence-electron chi connectivity index (χ1n) is 8.23. The highest BCUT2D eigenvalue weighted by molar-refractivity contribution is 6.30. The Kier molecular flexibility index (Phi) is 7.04. The molecule has 0 aliphatic rings. The molecule has 0 aliphatic heterocycles. The van der Waals surface area contributed by atoms with Crippen molar-refractivity contribution >= 4 is 23.5 Å². The van der Waals surface area contributed by atoms with Gasteiger partial charge in [-0.15, -0.1) is 0 Å². The van der Waals surface area contributed by atoms with Gasteiger partial charge in [0.25, 0.3) is 5.91 Å². The molecule has 2 aromatic carbocycles. The monoisotopic (exact) mass is 375 g/mol. The van der Waals surface area contributed by atoms with Gasteiger partial charge in [0.05, 0.1) is 19.6 Å². The number of benzene rings is 2. The zero-order valence-corrected chi connectivity index (χ0v) is 15.8. The summed E-state index contributed by atoms with van der Waals surface area (Å²) in [7, 11) is 1.55. The van der Waals surface area contributed by atoms with Crippen LogP contribution in [0.2, 0.25) is 5.02 Å².